The van der Waals surface area contributed by atoms with E-state index in [4.69, 9.17) is 14.2 Å². The van der Waals surface area contributed by atoms with E-state index in [0.717, 1.165) is 41.7 Å². The van der Waals surface area contributed by atoms with Crippen LogP contribution in [0.3, 0.4) is 0 Å². The number of amides is 1. The number of allylic oxidation sites excluding steroid dienone is 2. The van der Waals surface area contributed by atoms with E-state index in [1.807, 2.05) is 6.07 Å². The zero-order chi connectivity index (χ0) is 32.5. The van der Waals surface area contributed by atoms with Crippen LogP contribution in [0.15, 0.2) is 54.6 Å². The summed E-state index contributed by atoms with van der Waals surface area (Å²) in [5.41, 5.74) is 0.214. The van der Waals surface area contributed by atoms with Crippen molar-refractivity contribution in [3.63, 3.8) is 0 Å². The van der Waals surface area contributed by atoms with Crippen LogP contribution in [0.5, 0.6) is 0 Å². The van der Waals surface area contributed by atoms with Crippen LogP contribution in [0, 0.1) is 5.82 Å². The van der Waals surface area contributed by atoms with E-state index in [1.165, 1.54) is 27.0 Å². The second-order valence-corrected chi connectivity index (χ2v) is 12.9. The molecule has 0 saturated heterocycles. The lowest BCUT2D eigenvalue weighted by molar-refractivity contribution is -0.172. The average Bonchev–Trinajstić information content (AvgIpc) is 2.96. The third-order valence-corrected chi connectivity index (χ3v) is 7.21. The number of ether oxygens (including phenoxy) is 3. The van der Waals surface area contributed by atoms with Gasteiger partial charge in [0, 0.05) is 19.0 Å². The summed E-state index contributed by atoms with van der Waals surface area (Å²) in [6.45, 7) is 7.53. The molecule has 0 unspecified atom stereocenters. The third-order valence-electron chi connectivity index (χ3n) is 7.21. The molecule has 240 valence electrons. The molecule has 0 saturated carbocycles. The van der Waals surface area contributed by atoms with Gasteiger partial charge in [-0.2, -0.15) is 0 Å². The third kappa shape index (κ3) is 11.1. The molecule has 2 aromatic rings. The Kier molecular flexibility index (Phi) is 12.1. The van der Waals surface area contributed by atoms with E-state index in [9.17, 15) is 18.8 Å². The molecule has 2 aromatic carbocycles. The summed E-state index contributed by atoms with van der Waals surface area (Å²) in [6.07, 6.45) is 3.53. The van der Waals surface area contributed by atoms with E-state index >= 15 is 4.39 Å². The maximum atomic E-state index is 15.1. The van der Waals surface area contributed by atoms with Gasteiger partial charge in [0.15, 0.2) is 6.10 Å². The number of aryl methyl sites for hydroxylation is 1. The number of carbonyl (C=O) groups is 3. The van der Waals surface area contributed by atoms with Gasteiger partial charge in [-0.05, 0) is 95.9 Å². The smallest absolute Gasteiger partial charge is 0.410 e. The molecule has 0 N–H and O–H groups in total. The van der Waals surface area contributed by atoms with Crippen molar-refractivity contribution in [3.8, 4) is 0 Å². The molecule has 0 radical (unpaired) electrons. The number of likely N-dealkylation sites (N-methyl/N-ethyl adjacent to an activating group) is 1. The fourth-order valence-corrected chi connectivity index (χ4v) is 4.92. The topological polar surface area (TPSA) is 82.1 Å². The van der Waals surface area contributed by atoms with Gasteiger partial charge in [0.25, 0.3) is 0 Å². The first kappa shape index (κ1) is 34.7. The average molecular weight is 614 g/mol. The molecule has 1 amide bonds. The van der Waals surface area contributed by atoms with Crippen LogP contribution in [0.4, 0.5) is 13.6 Å². The van der Waals surface area contributed by atoms with Gasteiger partial charge < -0.3 is 14.2 Å². The minimum absolute atomic E-state index is 0.0112. The lowest BCUT2D eigenvalue weighted by Crippen LogP contribution is -2.49. The minimum Gasteiger partial charge on any atom is -0.458 e. The van der Waals surface area contributed by atoms with Gasteiger partial charge in [-0.25, -0.2) is 23.2 Å². The Morgan fingerprint density at radius 3 is 2.25 bits per heavy atom. The van der Waals surface area contributed by atoms with E-state index in [1.54, 1.807) is 57.2 Å². The molecule has 2 atom stereocenters. The lowest BCUT2D eigenvalue weighted by Gasteiger charge is -2.32. The molecule has 7 nitrogen and oxygen atoms in total. The standard InChI is InChI=1S/C35H45F2NO6/c1-34(2,3)44-33(41)38(6)29(22-35(4,5)37)31(39)43-30(32(40)42-23-25-13-9-7-10-14-25)20-18-24-17-19-27(28(36)21-24)26-15-11-8-12-16-26/h7,9-10,13-15,17,19,21,29-30H,8,11-12,16,18,20,22-23H2,1-6H3/t29-,30+/m0/s1. The number of rotatable bonds is 12. The van der Waals surface area contributed by atoms with Crippen LogP contribution in [-0.2, 0) is 36.8 Å². The van der Waals surface area contributed by atoms with Crippen molar-refractivity contribution in [2.75, 3.05) is 7.05 Å². The van der Waals surface area contributed by atoms with Crippen LogP contribution in [0.25, 0.3) is 5.57 Å². The van der Waals surface area contributed by atoms with Gasteiger partial charge in [0.2, 0.25) is 0 Å². The highest BCUT2D eigenvalue weighted by atomic mass is 19.1. The molecule has 0 aromatic heterocycles. The summed E-state index contributed by atoms with van der Waals surface area (Å²) in [7, 11) is 1.32. The first-order chi connectivity index (χ1) is 20.6. The van der Waals surface area contributed by atoms with Gasteiger partial charge >= 0.3 is 18.0 Å². The van der Waals surface area contributed by atoms with Crippen LogP contribution in [0.2, 0.25) is 0 Å². The van der Waals surface area contributed by atoms with Crippen molar-refractivity contribution in [2.24, 2.45) is 0 Å². The van der Waals surface area contributed by atoms with Crippen molar-refractivity contribution < 1.29 is 37.4 Å². The largest absolute Gasteiger partial charge is 0.458 e. The summed E-state index contributed by atoms with van der Waals surface area (Å²) >= 11 is 0. The number of benzene rings is 2. The maximum absolute atomic E-state index is 15.1. The van der Waals surface area contributed by atoms with Gasteiger partial charge in [-0.15, -0.1) is 0 Å². The first-order valence-corrected chi connectivity index (χ1v) is 15.2. The van der Waals surface area contributed by atoms with Crippen molar-refractivity contribution in [1.29, 1.82) is 0 Å². The predicted octanol–water partition coefficient (Wildman–Crippen LogP) is 7.74. The van der Waals surface area contributed by atoms with Crippen molar-refractivity contribution in [1.82, 2.24) is 4.90 Å². The zero-order valence-corrected chi connectivity index (χ0v) is 26.7. The van der Waals surface area contributed by atoms with Crippen molar-refractivity contribution >= 4 is 23.6 Å². The molecule has 0 heterocycles. The molecule has 0 fully saturated rings. The highest BCUT2D eigenvalue weighted by molar-refractivity contribution is 5.84. The van der Waals surface area contributed by atoms with Gasteiger partial charge in [0.1, 0.15) is 29.7 Å². The Labute approximate surface area is 259 Å². The number of hydrogen-bond donors (Lipinski definition) is 0. The minimum atomic E-state index is -1.85. The van der Waals surface area contributed by atoms with E-state index in [2.05, 4.69) is 6.08 Å². The summed E-state index contributed by atoms with van der Waals surface area (Å²) in [5.74, 6) is -2.12. The monoisotopic (exact) mass is 613 g/mol. The summed E-state index contributed by atoms with van der Waals surface area (Å²) in [5, 5.41) is 0. The Morgan fingerprint density at radius 1 is 0.955 bits per heavy atom. The van der Waals surface area contributed by atoms with Crippen LogP contribution >= 0.6 is 0 Å². The van der Waals surface area contributed by atoms with Crippen LogP contribution < -0.4 is 0 Å². The molecule has 0 spiro atoms. The Morgan fingerprint density at radius 2 is 1.66 bits per heavy atom. The Bertz CT molecular complexity index is 1310. The number of carbonyl (C=O) groups excluding carboxylic acids is 3. The molecule has 44 heavy (non-hydrogen) atoms. The molecule has 3 rings (SSSR count). The fraction of sp³-hybridized carbons (Fsp3) is 0.514. The van der Waals surface area contributed by atoms with Gasteiger partial charge in [0.05, 0.1) is 0 Å². The molecular weight excluding hydrogens is 568 g/mol. The number of nitrogens with zero attached hydrogens (tertiary/aromatic N) is 1. The second-order valence-electron chi connectivity index (χ2n) is 12.9. The zero-order valence-electron chi connectivity index (χ0n) is 26.7. The number of hydrogen-bond acceptors (Lipinski definition) is 6. The highest BCUT2D eigenvalue weighted by Gasteiger charge is 2.38. The molecule has 0 aliphatic heterocycles. The van der Waals surface area contributed by atoms with Gasteiger partial charge in [-0.3, -0.25) is 4.90 Å². The quantitative estimate of drug-likeness (QED) is 0.180. The Hall–Kier alpha value is -3.75. The second kappa shape index (κ2) is 15.3. The molecule has 0 bridgehead atoms. The Balaban J connectivity index is 1.80. The van der Waals surface area contributed by atoms with Crippen molar-refractivity contribution in [2.45, 2.75) is 110 Å². The SMILES string of the molecule is CN(C(=O)OC(C)(C)C)[C@@H](CC(C)(C)F)C(=O)O[C@H](CCc1ccc(C2=CCCCC2)c(F)c1)C(=O)OCc1ccccc1. The number of esters is 2. The van der Waals surface area contributed by atoms with E-state index in [0.29, 0.717) is 11.1 Å². The summed E-state index contributed by atoms with van der Waals surface area (Å²) in [4.78, 5) is 40.5. The molecule has 9 heteroatoms. The van der Waals surface area contributed by atoms with Crippen molar-refractivity contribution in [3.05, 3.63) is 77.1 Å². The fourth-order valence-electron chi connectivity index (χ4n) is 4.92. The predicted molar refractivity (Wildman–Crippen MR) is 165 cm³/mol. The summed E-state index contributed by atoms with van der Waals surface area (Å²) in [6, 6.07) is 12.6. The molecule has 1 aliphatic rings. The number of halogens is 2. The first-order valence-electron chi connectivity index (χ1n) is 15.2. The van der Waals surface area contributed by atoms with Crippen LogP contribution in [0.1, 0.15) is 89.8 Å². The summed E-state index contributed by atoms with van der Waals surface area (Å²) < 4.78 is 46.4. The highest BCUT2D eigenvalue weighted by Crippen LogP contribution is 2.29. The van der Waals surface area contributed by atoms with Gasteiger partial charge in [-0.1, -0.05) is 48.5 Å². The number of alkyl halides is 1. The van der Waals surface area contributed by atoms with E-state index < -0.39 is 47.9 Å². The van der Waals surface area contributed by atoms with E-state index in [-0.39, 0.29) is 25.3 Å². The lowest BCUT2D eigenvalue weighted by atomic mass is 9.92. The normalized spacial score (nSPS) is 15.0. The maximum Gasteiger partial charge on any atom is 0.410 e. The molecule has 1 aliphatic carbocycles. The molecular formula is C35H45F2NO6. The van der Waals surface area contributed by atoms with Crippen LogP contribution in [-0.4, -0.2) is 53.4 Å².